The summed E-state index contributed by atoms with van der Waals surface area (Å²) in [6.07, 6.45) is 0. The summed E-state index contributed by atoms with van der Waals surface area (Å²) in [5.41, 5.74) is 0. The Hall–Kier alpha value is -0.220. The van der Waals surface area contributed by atoms with Gasteiger partial charge in [0.1, 0.15) is 0 Å². The van der Waals surface area contributed by atoms with Crippen LogP contribution in [0.25, 0.3) is 0 Å². The topological polar surface area (TPSA) is 32.3 Å². The van der Waals surface area contributed by atoms with E-state index in [1.54, 1.807) is 0 Å². The maximum absolute atomic E-state index is 10.9. The first-order valence-electron chi connectivity index (χ1n) is 3.14. The molecule has 4 heteroatoms. The van der Waals surface area contributed by atoms with Gasteiger partial charge in [-0.15, -0.1) is 0 Å². The van der Waals surface area contributed by atoms with Crippen molar-refractivity contribution in [3.63, 3.8) is 0 Å². The van der Waals surface area contributed by atoms with Crippen LogP contribution in [0, 0.1) is 0 Å². The molecular formula is C6H14N2OS. The lowest BCUT2D eigenvalue weighted by Crippen LogP contribution is -2.36. The molecule has 1 N–H and O–H groups in total. The van der Waals surface area contributed by atoms with Gasteiger partial charge in [0.25, 0.3) is 0 Å². The van der Waals surface area contributed by atoms with Crippen LogP contribution in [0.3, 0.4) is 0 Å². The zero-order valence-corrected chi connectivity index (χ0v) is 7.48. The zero-order valence-electron chi connectivity index (χ0n) is 6.59. The molecule has 0 aromatic rings. The van der Waals surface area contributed by atoms with E-state index in [0.29, 0.717) is 6.54 Å². The van der Waals surface area contributed by atoms with E-state index < -0.39 is 0 Å². The van der Waals surface area contributed by atoms with Gasteiger partial charge < -0.3 is 10.2 Å². The average Bonchev–Trinajstić information content (AvgIpc) is 1.58. The molecule has 0 aliphatic carbocycles. The van der Waals surface area contributed by atoms with Crippen molar-refractivity contribution in [2.45, 2.75) is 12.3 Å². The monoisotopic (exact) mass is 162 g/mol. The second-order valence-corrected chi connectivity index (χ2v) is 3.26. The number of amides is 1. The fraction of sp³-hybridized carbons (Fsp3) is 0.833. The molecule has 60 valence electrons. The average molecular weight is 162 g/mol. The van der Waals surface area contributed by atoms with E-state index in [0.717, 1.165) is 0 Å². The maximum Gasteiger partial charge on any atom is 0.235 e. The minimum atomic E-state index is -0.0625. The lowest BCUT2D eigenvalue weighted by atomic mass is 10.5. The molecule has 0 spiro atoms. The molecule has 0 saturated heterocycles. The van der Waals surface area contributed by atoms with Crippen molar-refractivity contribution in [2.75, 3.05) is 20.6 Å². The predicted molar refractivity (Wildman–Crippen MR) is 45.1 cm³/mol. The standard InChI is InChI=1S/C6H14N2OS/c1-5(10)7-6(9)4-8(2)3/h5,10H,4H2,1-3H3,(H,7,9). The van der Waals surface area contributed by atoms with Crippen LogP contribution in [0.1, 0.15) is 6.92 Å². The normalized spacial score (nSPS) is 13.3. The van der Waals surface area contributed by atoms with E-state index in [9.17, 15) is 4.79 Å². The van der Waals surface area contributed by atoms with Crippen molar-refractivity contribution in [3.05, 3.63) is 0 Å². The van der Waals surface area contributed by atoms with Crippen molar-refractivity contribution in [1.82, 2.24) is 10.2 Å². The van der Waals surface area contributed by atoms with Crippen molar-refractivity contribution in [2.24, 2.45) is 0 Å². The molecule has 1 amide bonds. The van der Waals surface area contributed by atoms with E-state index in [1.165, 1.54) is 0 Å². The minimum absolute atomic E-state index is 0.00694. The van der Waals surface area contributed by atoms with Crippen LogP contribution in [0.5, 0.6) is 0 Å². The van der Waals surface area contributed by atoms with E-state index >= 15 is 0 Å². The Labute approximate surface area is 67.2 Å². The van der Waals surface area contributed by atoms with Crippen molar-refractivity contribution in [1.29, 1.82) is 0 Å². The Bertz CT molecular complexity index is 102. The summed E-state index contributed by atoms with van der Waals surface area (Å²) >= 11 is 4.01. The van der Waals surface area contributed by atoms with Gasteiger partial charge in [-0.2, -0.15) is 12.6 Å². The minimum Gasteiger partial charge on any atom is -0.344 e. The molecule has 1 atom stereocenters. The lowest BCUT2D eigenvalue weighted by molar-refractivity contribution is -0.121. The van der Waals surface area contributed by atoms with Gasteiger partial charge in [0.15, 0.2) is 0 Å². The van der Waals surface area contributed by atoms with Gasteiger partial charge in [0, 0.05) is 0 Å². The highest BCUT2D eigenvalue weighted by Crippen LogP contribution is 1.85. The third-order valence-electron chi connectivity index (χ3n) is 0.830. The SMILES string of the molecule is CC(S)NC(=O)CN(C)C. The molecule has 0 radical (unpaired) electrons. The van der Waals surface area contributed by atoms with E-state index in [4.69, 9.17) is 0 Å². The molecule has 0 bridgehead atoms. The van der Waals surface area contributed by atoms with Crippen LogP contribution in [0.4, 0.5) is 0 Å². The quantitative estimate of drug-likeness (QED) is 0.450. The first-order chi connectivity index (χ1) is 4.52. The largest absolute Gasteiger partial charge is 0.344 e. The number of hydrogen-bond acceptors (Lipinski definition) is 3. The number of nitrogens with zero attached hydrogens (tertiary/aromatic N) is 1. The lowest BCUT2D eigenvalue weighted by Gasteiger charge is -2.11. The third-order valence-corrected chi connectivity index (χ3v) is 0.959. The number of carbonyl (C=O) groups excluding carboxylic acids is 1. The van der Waals surface area contributed by atoms with Gasteiger partial charge in [0.05, 0.1) is 11.9 Å². The Kier molecular flexibility index (Phi) is 4.47. The van der Waals surface area contributed by atoms with Gasteiger partial charge >= 0.3 is 0 Å². The molecule has 1 unspecified atom stereocenters. The molecule has 10 heavy (non-hydrogen) atoms. The molecular weight excluding hydrogens is 148 g/mol. The Balaban J connectivity index is 3.44. The summed E-state index contributed by atoms with van der Waals surface area (Å²) < 4.78 is 0. The first-order valence-corrected chi connectivity index (χ1v) is 3.66. The first kappa shape index (κ1) is 9.78. The molecule has 0 aromatic carbocycles. The summed E-state index contributed by atoms with van der Waals surface area (Å²) in [6.45, 7) is 2.24. The molecule has 0 aliphatic rings. The predicted octanol–water partition coefficient (Wildman–Crippen LogP) is -0.0600. The van der Waals surface area contributed by atoms with Gasteiger partial charge in [-0.3, -0.25) is 4.79 Å². The molecule has 0 fully saturated rings. The fourth-order valence-corrected chi connectivity index (χ4v) is 0.710. The van der Waals surface area contributed by atoms with Crippen LogP contribution in [-0.2, 0) is 4.79 Å². The van der Waals surface area contributed by atoms with E-state index in [1.807, 2.05) is 25.9 Å². The summed E-state index contributed by atoms with van der Waals surface area (Å²) in [6, 6.07) is 0. The fourth-order valence-electron chi connectivity index (χ4n) is 0.566. The molecule has 0 heterocycles. The highest BCUT2D eigenvalue weighted by atomic mass is 32.1. The summed E-state index contributed by atoms with van der Waals surface area (Å²) in [4.78, 5) is 12.7. The van der Waals surface area contributed by atoms with Crippen LogP contribution in [-0.4, -0.2) is 36.8 Å². The van der Waals surface area contributed by atoms with Gasteiger partial charge in [-0.1, -0.05) is 0 Å². The summed E-state index contributed by atoms with van der Waals surface area (Å²) in [7, 11) is 3.70. The third kappa shape index (κ3) is 5.91. The Morgan fingerprint density at radius 1 is 1.70 bits per heavy atom. The van der Waals surface area contributed by atoms with E-state index in [2.05, 4.69) is 17.9 Å². The van der Waals surface area contributed by atoms with E-state index in [-0.39, 0.29) is 11.3 Å². The summed E-state index contributed by atoms with van der Waals surface area (Å²) in [5.74, 6) is 0.00694. The molecule has 3 nitrogen and oxygen atoms in total. The second kappa shape index (κ2) is 4.57. The molecule has 0 aliphatic heterocycles. The maximum atomic E-state index is 10.9. The zero-order chi connectivity index (χ0) is 8.15. The highest BCUT2D eigenvalue weighted by molar-refractivity contribution is 7.80. The van der Waals surface area contributed by atoms with Crippen molar-refractivity contribution in [3.8, 4) is 0 Å². The number of carbonyl (C=O) groups is 1. The van der Waals surface area contributed by atoms with Gasteiger partial charge in [-0.05, 0) is 21.0 Å². The van der Waals surface area contributed by atoms with Gasteiger partial charge in [0.2, 0.25) is 5.91 Å². The Morgan fingerprint density at radius 3 is 2.50 bits per heavy atom. The molecule has 0 aromatic heterocycles. The number of hydrogen-bond donors (Lipinski definition) is 2. The van der Waals surface area contributed by atoms with Crippen LogP contribution in [0.15, 0.2) is 0 Å². The van der Waals surface area contributed by atoms with Crippen LogP contribution >= 0.6 is 12.6 Å². The number of likely N-dealkylation sites (N-methyl/N-ethyl adjacent to an activating group) is 1. The molecule has 0 saturated carbocycles. The van der Waals surface area contributed by atoms with Crippen molar-refractivity contribution >= 4 is 18.5 Å². The second-order valence-electron chi connectivity index (χ2n) is 2.48. The van der Waals surface area contributed by atoms with Gasteiger partial charge in [-0.25, -0.2) is 0 Å². The van der Waals surface area contributed by atoms with Crippen LogP contribution in [0.2, 0.25) is 0 Å². The summed E-state index contributed by atoms with van der Waals surface area (Å²) in [5, 5.41) is 2.60. The highest BCUT2D eigenvalue weighted by Gasteiger charge is 2.03. The van der Waals surface area contributed by atoms with Crippen LogP contribution < -0.4 is 5.32 Å². The number of thiol groups is 1. The Morgan fingerprint density at radius 2 is 2.20 bits per heavy atom. The number of rotatable bonds is 3. The smallest absolute Gasteiger partial charge is 0.235 e. The van der Waals surface area contributed by atoms with Crippen molar-refractivity contribution < 1.29 is 4.79 Å². The number of nitrogens with one attached hydrogen (secondary N) is 1. The molecule has 0 rings (SSSR count).